The van der Waals surface area contributed by atoms with E-state index in [9.17, 15) is 9.59 Å². The van der Waals surface area contributed by atoms with Gasteiger partial charge >= 0.3 is 5.97 Å². The van der Waals surface area contributed by atoms with Crippen molar-refractivity contribution in [3.8, 4) is 11.5 Å². The van der Waals surface area contributed by atoms with E-state index in [0.29, 0.717) is 30.3 Å². The maximum absolute atomic E-state index is 12.5. The van der Waals surface area contributed by atoms with Crippen LogP contribution in [0.15, 0.2) is 18.2 Å². The summed E-state index contributed by atoms with van der Waals surface area (Å²) < 4.78 is 11.1. The third kappa shape index (κ3) is 3.09. The van der Waals surface area contributed by atoms with E-state index in [1.54, 1.807) is 18.2 Å². The Labute approximate surface area is 122 Å². The van der Waals surface area contributed by atoms with Gasteiger partial charge in [-0.1, -0.05) is 0 Å². The van der Waals surface area contributed by atoms with Gasteiger partial charge in [-0.2, -0.15) is 0 Å². The van der Waals surface area contributed by atoms with Crippen LogP contribution < -0.4 is 9.47 Å². The lowest BCUT2D eigenvalue weighted by atomic mass is 10.1. The molecule has 1 aliphatic heterocycles. The molecule has 1 fully saturated rings. The molecule has 2 aliphatic rings. The standard InChI is InChI=1S/C15H17NO5/c17-14(18)9-16(11-3-4-11)15(19)10-2-5-12-13(8-10)21-7-1-6-20-12/h2,5,8,11H,1,3-4,6-7,9H2,(H,17,18). The van der Waals surface area contributed by atoms with E-state index in [-0.39, 0.29) is 18.5 Å². The fraction of sp³-hybridized carbons (Fsp3) is 0.467. The van der Waals surface area contributed by atoms with Gasteiger partial charge in [0.05, 0.1) is 13.2 Å². The predicted molar refractivity (Wildman–Crippen MR) is 73.7 cm³/mol. The Kier molecular flexibility index (Phi) is 3.68. The molecule has 1 amide bonds. The van der Waals surface area contributed by atoms with Gasteiger partial charge in [0, 0.05) is 18.0 Å². The Morgan fingerprint density at radius 1 is 1.19 bits per heavy atom. The van der Waals surface area contributed by atoms with Crippen molar-refractivity contribution in [2.75, 3.05) is 19.8 Å². The minimum absolute atomic E-state index is 0.0459. The summed E-state index contributed by atoms with van der Waals surface area (Å²) in [5.74, 6) is -0.0928. The van der Waals surface area contributed by atoms with Crippen LogP contribution in [0, 0.1) is 0 Å². The number of fused-ring (bicyclic) bond motifs is 1. The molecule has 0 radical (unpaired) electrons. The molecule has 1 aromatic rings. The Balaban J connectivity index is 1.83. The van der Waals surface area contributed by atoms with Gasteiger partial charge in [-0.05, 0) is 31.0 Å². The SMILES string of the molecule is O=C(O)CN(C(=O)c1ccc2c(c1)OCCCO2)C1CC1. The average molecular weight is 291 g/mol. The zero-order chi connectivity index (χ0) is 14.8. The van der Waals surface area contributed by atoms with Gasteiger partial charge in [0.25, 0.3) is 5.91 Å². The number of carbonyl (C=O) groups is 2. The quantitative estimate of drug-likeness (QED) is 0.910. The molecule has 1 N–H and O–H groups in total. The molecule has 0 saturated heterocycles. The van der Waals surface area contributed by atoms with E-state index in [0.717, 1.165) is 19.3 Å². The Bertz CT molecular complexity index is 567. The van der Waals surface area contributed by atoms with Crippen molar-refractivity contribution in [3.63, 3.8) is 0 Å². The van der Waals surface area contributed by atoms with Gasteiger partial charge in [0.15, 0.2) is 11.5 Å². The minimum Gasteiger partial charge on any atom is -0.490 e. The van der Waals surface area contributed by atoms with Crippen LogP contribution >= 0.6 is 0 Å². The number of aliphatic carboxylic acids is 1. The van der Waals surface area contributed by atoms with Crippen molar-refractivity contribution >= 4 is 11.9 Å². The lowest BCUT2D eigenvalue weighted by molar-refractivity contribution is -0.137. The molecule has 1 saturated carbocycles. The van der Waals surface area contributed by atoms with Crippen LogP contribution in [0.1, 0.15) is 29.6 Å². The zero-order valence-electron chi connectivity index (χ0n) is 11.6. The van der Waals surface area contributed by atoms with Crippen molar-refractivity contribution in [1.29, 1.82) is 0 Å². The van der Waals surface area contributed by atoms with Crippen molar-refractivity contribution in [2.24, 2.45) is 0 Å². The third-order valence-corrected chi connectivity index (χ3v) is 3.55. The van der Waals surface area contributed by atoms with Gasteiger partial charge in [-0.3, -0.25) is 9.59 Å². The second-order valence-corrected chi connectivity index (χ2v) is 5.27. The summed E-state index contributed by atoms with van der Waals surface area (Å²) in [5, 5.41) is 8.95. The molecule has 6 nitrogen and oxygen atoms in total. The first kappa shape index (κ1) is 13.7. The molecular weight excluding hydrogens is 274 g/mol. The fourth-order valence-corrected chi connectivity index (χ4v) is 2.36. The number of rotatable bonds is 4. The number of carbonyl (C=O) groups excluding carboxylic acids is 1. The van der Waals surface area contributed by atoms with Crippen LogP contribution in [0.2, 0.25) is 0 Å². The van der Waals surface area contributed by atoms with Gasteiger partial charge < -0.3 is 19.5 Å². The lowest BCUT2D eigenvalue weighted by Gasteiger charge is -2.20. The second kappa shape index (κ2) is 5.63. The third-order valence-electron chi connectivity index (χ3n) is 3.55. The molecule has 0 atom stereocenters. The monoisotopic (exact) mass is 291 g/mol. The van der Waals surface area contributed by atoms with E-state index in [1.807, 2.05) is 0 Å². The first-order chi connectivity index (χ1) is 10.1. The van der Waals surface area contributed by atoms with Crippen molar-refractivity contribution in [3.05, 3.63) is 23.8 Å². The van der Waals surface area contributed by atoms with Gasteiger partial charge in [0.1, 0.15) is 6.54 Å². The number of benzene rings is 1. The van der Waals surface area contributed by atoms with Crippen LogP contribution in [0.4, 0.5) is 0 Å². The first-order valence-corrected chi connectivity index (χ1v) is 7.07. The zero-order valence-corrected chi connectivity index (χ0v) is 11.6. The summed E-state index contributed by atoms with van der Waals surface area (Å²) in [4.78, 5) is 24.8. The summed E-state index contributed by atoms with van der Waals surface area (Å²) in [7, 11) is 0. The number of amides is 1. The number of hydrogen-bond donors (Lipinski definition) is 1. The van der Waals surface area contributed by atoms with Crippen LogP contribution in [-0.4, -0.2) is 47.7 Å². The number of ether oxygens (including phenoxy) is 2. The normalized spacial score (nSPS) is 17.0. The first-order valence-electron chi connectivity index (χ1n) is 7.07. The van der Waals surface area contributed by atoms with E-state index >= 15 is 0 Å². The highest BCUT2D eigenvalue weighted by molar-refractivity contribution is 5.96. The Hall–Kier alpha value is -2.24. The lowest BCUT2D eigenvalue weighted by Crippen LogP contribution is -2.37. The van der Waals surface area contributed by atoms with Gasteiger partial charge in [-0.15, -0.1) is 0 Å². The molecule has 0 bridgehead atoms. The molecule has 3 rings (SSSR count). The van der Waals surface area contributed by atoms with Crippen molar-refractivity contribution in [1.82, 2.24) is 4.90 Å². The second-order valence-electron chi connectivity index (χ2n) is 5.27. The highest BCUT2D eigenvalue weighted by Gasteiger charge is 2.34. The average Bonchev–Trinajstić information content (AvgIpc) is 3.29. The summed E-state index contributed by atoms with van der Waals surface area (Å²) in [6.07, 6.45) is 2.53. The maximum atomic E-state index is 12.5. The summed E-state index contributed by atoms with van der Waals surface area (Å²) >= 11 is 0. The van der Waals surface area contributed by atoms with Crippen LogP contribution in [0.25, 0.3) is 0 Å². The Morgan fingerprint density at radius 3 is 2.57 bits per heavy atom. The highest BCUT2D eigenvalue weighted by atomic mass is 16.5. The number of hydrogen-bond acceptors (Lipinski definition) is 4. The van der Waals surface area contributed by atoms with Crippen LogP contribution in [0.5, 0.6) is 11.5 Å². The minimum atomic E-state index is -0.996. The summed E-state index contributed by atoms with van der Waals surface area (Å²) in [5.41, 5.74) is 0.437. The molecule has 0 aromatic heterocycles. The fourth-order valence-electron chi connectivity index (χ4n) is 2.36. The molecule has 1 aliphatic carbocycles. The summed E-state index contributed by atoms with van der Waals surface area (Å²) in [6, 6.07) is 5.05. The van der Waals surface area contributed by atoms with E-state index in [1.165, 1.54) is 4.90 Å². The molecule has 1 aromatic carbocycles. The topological polar surface area (TPSA) is 76.1 Å². The molecule has 21 heavy (non-hydrogen) atoms. The molecule has 6 heteroatoms. The van der Waals surface area contributed by atoms with Gasteiger partial charge in [0.2, 0.25) is 0 Å². The smallest absolute Gasteiger partial charge is 0.323 e. The van der Waals surface area contributed by atoms with E-state index in [2.05, 4.69) is 0 Å². The van der Waals surface area contributed by atoms with Crippen LogP contribution in [-0.2, 0) is 4.79 Å². The molecule has 112 valence electrons. The van der Waals surface area contributed by atoms with Crippen molar-refractivity contribution in [2.45, 2.75) is 25.3 Å². The number of carboxylic acid groups (broad SMARTS) is 1. The van der Waals surface area contributed by atoms with E-state index in [4.69, 9.17) is 14.6 Å². The Morgan fingerprint density at radius 2 is 1.90 bits per heavy atom. The number of nitrogens with zero attached hydrogens (tertiary/aromatic N) is 1. The van der Waals surface area contributed by atoms with Crippen molar-refractivity contribution < 1.29 is 24.2 Å². The molecular formula is C15H17NO5. The molecule has 1 heterocycles. The summed E-state index contributed by atoms with van der Waals surface area (Å²) in [6.45, 7) is 0.873. The van der Waals surface area contributed by atoms with Crippen LogP contribution in [0.3, 0.4) is 0 Å². The molecule has 0 unspecified atom stereocenters. The maximum Gasteiger partial charge on any atom is 0.323 e. The van der Waals surface area contributed by atoms with Gasteiger partial charge in [-0.25, -0.2) is 0 Å². The largest absolute Gasteiger partial charge is 0.490 e. The predicted octanol–water partition coefficient (Wildman–Crippen LogP) is 1.54. The molecule has 0 spiro atoms. The highest BCUT2D eigenvalue weighted by Crippen LogP contribution is 2.33. The van der Waals surface area contributed by atoms with E-state index < -0.39 is 5.97 Å². The number of carboxylic acids is 1.